The van der Waals surface area contributed by atoms with Crippen LogP contribution >= 0.6 is 0 Å². The predicted octanol–water partition coefficient (Wildman–Crippen LogP) is 3.22. The normalized spacial score (nSPS) is 28.3. The lowest BCUT2D eigenvalue weighted by atomic mass is 9.68. The zero-order valence-corrected chi connectivity index (χ0v) is 13.2. The van der Waals surface area contributed by atoms with Crippen molar-refractivity contribution >= 4 is 23.2 Å². The Labute approximate surface area is 136 Å². The smallest absolute Gasteiger partial charge is 0.325 e. The molecule has 0 heterocycles. The van der Waals surface area contributed by atoms with E-state index in [0.717, 1.165) is 12.1 Å². The first kappa shape index (κ1) is 16.7. The van der Waals surface area contributed by atoms with Gasteiger partial charge in [0.05, 0.1) is 11.3 Å². The van der Waals surface area contributed by atoms with Gasteiger partial charge in [-0.1, -0.05) is 26.0 Å². The van der Waals surface area contributed by atoms with E-state index >= 15 is 0 Å². The van der Waals surface area contributed by atoms with Gasteiger partial charge in [-0.3, -0.25) is 14.4 Å². The Bertz CT molecular complexity index is 754. The third kappa shape index (κ3) is 1.96. The van der Waals surface area contributed by atoms with Crippen molar-refractivity contribution in [1.82, 2.24) is 0 Å². The van der Waals surface area contributed by atoms with Gasteiger partial charge in [0, 0.05) is 5.92 Å². The van der Waals surface area contributed by atoms with Crippen molar-refractivity contribution in [1.29, 1.82) is 0 Å². The largest absolute Gasteiger partial charge is 0.418 e. The van der Waals surface area contributed by atoms with E-state index in [2.05, 4.69) is 5.32 Å². The Hall–Kier alpha value is -2.18. The zero-order chi connectivity index (χ0) is 17.9. The van der Waals surface area contributed by atoms with Crippen molar-refractivity contribution in [3.05, 3.63) is 29.8 Å². The number of Topliss-reactive ketones (excluding diaryl/α,β-unsaturated/α-hetero) is 2. The van der Waals surface area contributed by atoms with Gasteiger partial charge in [-0.2, -0.15) is 13.2 Å². The number of nitrogens with one attached hydrogen (secondary N) is 1. The van der Waals surface area contributed by atoms with Crippen LogP contribution in [0.5, 0.6) is 0 Å². The van der Waals surface area contributed by atoms with E-state index in [9.17, 15) is 27.6 Å². The summed E-state index contributed by atoms with van der Waals surface area (Å²) in [6, 6.07) is 4.58. The van der Waals surface area contributed by atoms with Crippen LogP contribution in [0.2, 0.25) is 0 Å². The molecule has 2 saturated carbocycles. The summed E-state index contributed by atoms with van der Waals surface area (Å²) < 4.78 is 39.2. The molecule has 2 atom stereocenters. The molecular formula is C17H16F3NO3. The lowest BCUT2D eigenvalue weighted by molar-refractivity contribution is -0.147. The maximum absolute atomic E-state index is 13.1. The molecule has 0 aromatic heterocycles. The number of alkyl halides is 3. The second-order valence-corrected chi connectivity index (χ2v) is 6.91. The molecule has 1 N–H and O–H groups in total. The second kappa shape index (κ2) is 4.91. The SMILES string of the molecule is CC1(C)[C@@H]2CC[C@@]1(C(=O)Nc1ccccc1C(F)(F)F)C(=O)C2=O. The van der Waals surface area contributed by atoms with Crippen molar-refractivity contribution in [2.75, 3.05) is 5.32 Å². The highest BCUT2D eigenvalue weighted by molar-refractivity contribution is 6.48. The minimum absolute atomic E-state index is 0.176. The van der Waals surface area contributed by atoms with Gasteiger partial charge in [0.15, 0.2) is 0 Å². The number of anilines is 1. The van der Waals surface area contributed by atoms with Gasteiger partial charge in [0.1, 0.15) is 5.41 Å². The molecule has 0 aliphatic heterocycles. The summed E-state index contributed by atoms with van der Waals surface area (Å²) in [6.07, 6.45) is -4.06. The molecule has 2 aliphatic carbocycles. The van der Waals surface area contributed by atoms with Crippen LogP contribution in [0.15, 0.2) is 24.3 Å². The molecule has 0 saturated heterocycles. The van der Waals surface area contributed by atoms with Crippen LogP contribution in [-0.2, 0) is 20.6 Å². The number of para-hydroxylation sites is 1. The summed E-state index contributed by atoms with van der Waals surface area (Å²) in [6.45, 7) is 3.31. The molecule has 1 aromatic carbocycles. The first-order chi connectivity index (χ1) is 11.0. The van der Waals surface area contributed by atoms with Crippen molar-refractivity contribution in [2.45, 2.75) is 32.9 Å². The van der Waals surface area contributed by atoms with Gasteiger partial charge < -0.3 is 5.32 Å². The van der Waals surface area contributed by atoms with E-state index in [4.69, 9.17) is 0 Å². The highest BCUT2D eigenvalue weighted by Crippen LogP contribution is 2.62. The molecule has 7 heteroatoms. The summed E-state index contributed by atoms with van der Waals surface area (Å²) in [4.78, 5) is 37.2. The molecule has 2 bridgehead atoms. The van der Waals surface area contributed by atoms with Crippen molar-refractivity contribution in [2.24, 2.45) is 16.7 Å². The van der Waals surface area contributed by atoms with Gasteiger partial charge in [-0.25, -0.2) is 0 Å². The average molecular weight is 339 g/mol. The number of benzene rings is 1. The quantitative estimate of drug-likeness (QED) is 0.665. The minimum Gasteiger partial charge on any atom is -0.325 e. The predicted molar refractivity (Wildman–Crippen MR) is 79.0 cm³/mol. The topological polar surface area (TPSA) is 63.2 Å². The molecule has 128 valence electrons. The standard InChI is InChI=1S/C17H16F3NO3/c1-15(2)10-7-8-16(15,13(23)12(10)22)14(24)21-11-6-4-3-5-9(11)17(18,19)20/h3-6,10H,7-8H2,1-2H3,(H,21,24)/t10-,16+/m1/s1. The van der Waals surface area contributed by atoms with Crippen LogP contribution in [0.3, 0.4) is 0 Å². The molecule has 4 nitrogen and oxygen atoms in total. The number of rotatable bonds is 2. The van der Waals surface area contributed by atoms with Crippen LogP contribution in [0.25, 0.3) is 0 Å². The fraction of sp³-hybridized carbons (Fsp3) is 0.471. The highest BCUT2D eigenvalue weighted by atomic mass is 19.4. The second-order valence-electron chi connectivity index (χ2n) is 6.91. The lowest BCUT2D eigenvalue weighted by Crippen LogP contribution is -2.47. The zero-order valence-electron chi connectivity index (χ0n) is 13.2. The Morgan fingerprint density at radius 1 is 1.21 bits per heavy atom. The van der Waals surface area contributed by atoms with Crippen LogP contribution in [0.1, 0.15) is 32.3 Å². The fourth-order valence-corrected chi connectivity index (χ4v) is 4.15. The Kier molecular flexibility index (Phi) is 3.41. The van der Waals surface area contributed by atoms with E-state index in [1.54, 1.807) is 13.8 Å². The Morgan fingerprint density at radius 3 is 2.38 bits per heavy atom. The Morgan fingerprint density at radius 2 is 1.83 bits per heavy atom. The molecule has 2 fully saturated rings. The van der Waals surface area contributed by atoms with Gasteiger partial charge in [-0.05, 0) is 30.4 Å². The summed E-state index contributed by atoms with van der Waals surface area (Å²) in [5, 5.41) is 2.25. The maximum Gasteiger partial charge on any atom is 0.418 e. The summed E-state index contributed by atoms with van der Waals surface area (Å²) in [7, 11) is 0. The van der Waals surface area contributed by atoms with Crippen molar-refractivity contribution in [3.63, 3.8) is 0 Å². The lowest BCUT2D eigenvalue weighted by Gasteiger charge is -2.34. The molecule has 1 amide bonds. The van der Waals surface area contributed by atoms with Gasteiger partial charge >= 0.3 is 6.18 Å². The maximum atomic E-state index is 13.1. The van der Waals surface area contributed by atoms with E-state index in [1.807, 2.05) is 0 Å². The van der Waals surface area contributed by atoms with Crippen LogP contribution in [0.4, 0.5) is 18.9 Å². The number of hydrogen-bond acceptors (Lipinski definition) is 3. The average Bonchev–Trinajstić information content (AvgIpc) is 2.83. The number of carbonyl (C=O) groups is 3. The van der Waals surface area contributed by atoms with Crippen LogP contribution < -0.4 is 5.32 Å². The molecule has 2 aliphatic rings. The minimum atomic E-state index is -4.63. The third-order valence-corrected chi connectivity index (χ3v) is 5.58. The van der Waals surface area contributed by atoms with E-state index in [-0.39, 0.29) is 6.42 Å². The molecule has 0 unspecified atom stereocenters. The summed E-state index contributed by atoms with van der Waals surface area (Å²) in [5.41, 5.74) is -3.89. The Balaban J connectivity index is 2.00. The number of hydrogen-bond donors (Lipinski definition) is 1. The highest BCUT2D eigenvalue weighted by Gasteiger charge is 2.72. The third-order valence-electron chi connectivity index (χ3n) is 5.58. The van der Waals surface area contributed by atoms with Crippen LogP contribution in [-0.4, -0.2) is 17.5 Å². The molecule has 24 heavy (non-hydrogen) atoms. The number of halogens is 3. The van der Waals surface area contributed by atoms with E-state index in [1.165, 1.54) is 12.1 Å². The number of fused-ring (bicyclic) bond motifs is 2. The van der Waals surface area contributed by atoms with Crippen LogP contribution in [0, 0.1) is 16.7 Å². The summed E-state index contributed by atoms with van der Waals surface area (Å²) >= 11 is 0. The number of amides is 1. The monoisotopic (exact) mass is 339 g/mol. The van der Waals surface area contributed by atoms with E-state index < -0.39 is 51.6 Å². The number of ketones is 2. The summed E-state index contributed by atoms with van der Waals surface area (Å²) in [5.74, 6) is -2.76. The van der Waals surface area contributed by atoms with Gasteiger partial charge in [0.25, 0.3) is 0 Å². The molecule has 0 radical (unpaired) electrons. The first-order valence-electron chi connectivity index (χ1n) is 7.60. The van der Waals surface area contributed by atoms with Crippen molar-refractivity contribution in [3.8, 4) is 0 Å². The first-order valence-corrected chi connectivity index (χ1v) is 7.60. The molecule has 1 aromatic rings. The molecule has 3 rings (SSSR count). The van der Waals surface area contributed by atoms with Crippen molar-refractivity contribution < 1.29 is 27.6 Å². The van der Waals surface area contributed by atoms with E-state index in [0.29, 0.717) is 6.42 Å². The molecule has 0 spiro atoms. The van der Waals surface area contributed by atoms with Gasteiger partial charge in [0.2, 0.25) is 17.5 Å². The number of carbonyl (C=O) groups excluding carboxylic acids is 3. The fourth-order valence-electron chi connectivity index (χ4n) is 4.15. The van der Waals surface area contributed by atoms with Gasteiger partial charge in [-0.15, -0.1) is 0 Å². The molecular weight excluding hydrogens is 323 g/mol.